The van der Waals surface area contributed by atoms with E-state index in [0.717, 1.165) is 11.8 Å². The lowest BCUT2D eigenvalue weighted by Crippen LogP contribution is -2.26. The fraction of sp³-hybridized carbons (Fsp3) is 0.300. The second-order valence-electron chi connectivity index (χ2n) is 3.38. The van der Waals surface area contributed by atoms with Crippen molar-refractivity contribution in [1.29, 1.82) is 5.26 Å². The van der Waals surface area contributed by atoms with Crippen LogP contribution in [0.25, 0.3) is 0 Å². The van der Waals surface area contributed by atoms with Gasteiger partial charge in [-0.3, -0.25) is 4.79 Å². The Morgan fingerprint density at radius 3 is 2.84 bits per heavy atom. The molecule has 0 aliphatic rings. The molecule has 8 nitrogen and oxygen atoms in total. The Bertz CT molecular complexity index is 605. The lowest BCUT2D eigenvalue weighted by atomic mass is 10.2. The number of carboxylic acid groups (broad SMARTS) is 1. The summed E-state index contributed by atoms with van der Waals surface area (Å²) < 4.78 is 0. The van der Waals surface area contributed by atoms with Crippen molar-refractivity contribution in [3.63, 3.8) is 0 Å². The molecule has 1 rings (SSSR count). The van der Waals surface area contributed by atoms with Crippen LogP contribution in [-0.4, -0.2) is 39.2 Å². The predicted octanol–water partition coefficient (Wildman–Crippen LogP) is -0.492. The highest BCUT2D eigenvalue weighted by atomic mass is 32.2. The van der Waals surface area contributed by atoms with E-state index in [1.54, 1.807) is 6.07 Å². The van der Waals surface area contributed by atoms with Crippen molar-refractivity contribution in [2.75, 3.05) is 12.3 Å². The van der Waals surface area contributed by atoms with E-state index < -0.39 is 17.6 Å². The van der Waals surface area contributed by atoms with Crippen molar-refractivity contribution in [1.82, 2.24) is 15.3 Å². The first kappa shape index (κ1) is 14.7. The van der Waals surface area contributed by atoms with Gasteiger partial charge in [-0.25, -0.2) is 9.59 Å². The van der Waals surface area contributed by atoms with Gasteiger partial charge >= 0.3 is 11.7 Å². The van der Waals surface area contributed by atoms with Gasteiger partial charge in [-0.1, -0.05) is 11.8 Å². The third-order valence-electron chi connectivity index (χ3n) is 2.00. The van der Waals surface area contributed by atoms with E-state index in [0.29, 0.717) is 0 Å². The van der Waals surface area contributed by atoms with E-state index in [-0.39, 0.29) is 28.6 Å². The van der Waals surface area contributed by atoms with Crippen LogP contribution >= 0.6 is 11.8 Å². The summed E-state index contributed by atoms with van der Waals surface area (Å²) in [5, 5.41) is 19.6. The van der Waals surface area contributed by atoms with Crippen LogP contribution in [0.15, 0.2) is 9.82 Å². The Morgan fingerprint density at radius 1 is 1.58 bits per heavy atom. The van der Waals surface area contributed by atoms with Crippen LogP contribution in [0.2, 0.25) is 0 Å². The van der Waals surface area contributed by atoms with Gasteiger partial charge in [0.1, 0.15) is 17.1 Å². The summed E-state index contributed by atoms with van der Waals surface area (Å²) in [6.45, 7) is 1.30. The molecule has 1 aromatic heterocycles. The number of thioether (sulfide) groups is 1. The maximum absolute atomic E-state index is 11.3. The van der Waals surface area contributed by atoms with Gasteiger partial charge in [0.15, 0.2) is 0 Å². The van der Waals surface area contributed by atoms with Crippen LogP contribution in [0.3, 0.4) is 0 Å². The molecular weight excluding hydrogens is 272 g/mol. The van der Waals surface area contributed by atoms with Crippen LogP contribution in [0.5, 0.6) is 0 Å². The number of hydrogen-bond donors (Lipinski definition) is 3. The van der Waals surface area contributed by atoms with E-state index in [4.69, 9.17) is 10.4 Å². The number of carboxylic acids is 1. The van der Waals surface area contributed by atoms with Gasteiger partial charge < -0.3 is 15.4 Å². The van der Waals surface area contributed by atoms with Crippen LogP contribution in [-0.2, 0) is 4.79 Å². The molecule has 0 fully saturated rings. The Kier molecular flexibility index (Phi) is 5.08. The molecule has 0 atom stereocenters. The maximum atomic E-state index is 11.3. The van der Waals surface area contributed by atoms with Crippen LogP contribution < -0.4 is 11.0 Å². The van der Waals surface area contributed by atoms with E-state index in [2.05, 4.69) is 15.3 Å². The van der Waals surface area contributed by atoms with Gasteiger partial charge in [-0.15, -0.1) is 0 Å². The monoisotopic (exact) mass is 282 g/mol. The SMILES string of the molecule is Cc1[nH]c(=O)nc(SCC(=O)NCC#N)c1C(=O)O. The van der Waals surface area contributed by atoms with Crippen molar-refractivity contribution in [2.24, 2.45) is 0 Å². The fourth-order valence-corrected chi connectivity index (χ4v) is 2.14. The number of aromatic amines is 1. The first-order valence-corrected chi connectivity index (χ1v) is 6.05. The number of nitrogens with one attached hydrogen (secondary N) is 2. The van der Waals surface area contributed by atoms with Gasteiger partial charge in [0.2, 0.25) is 5.91 Å². The Hall–Kier alpha value is -2.34. The molecule has 0 unspecified atom stereocenters. The standard InChI is InChI=1S/C10H10N4O4S/c1-5-7(9(16)17)8(14-10(18)13-5)19-4-6(15)12-3-2-11/h3-4H2,1H3,(H,12,15)(H,16,17)(H,13,14,18). The molecular formula is C10H10N4O4S. The molecule has 100 valence electrons. The van der Waals surface area contributed by atoms with E-state index in [1.807, 2.05) is 0 Å². The number of H-pyrrole nitrogens is 1. The summed E-state index contributed by atoms with van der Waals surface area (Å²) >= 11 is 0.829. The van der Waals surface area contributed by atoms with Gasteiger partial charge in [-0.2, -0.15) is 10.2 Å². The van der Waals surface area contributed by atoms with Crippen molar-refractivity contribution in [3.05, 3.63) is 21.7 Å². The number of aryl methyl sites for hydroxylation is 1. The summed E-state index contributed by atoms with van der Waals surface area (Å²) in [7, 11) is 0. The lowest BCUT2D eigenvalue weighted by Gasteiger charge is -2.06. The smallest absolute Gasteiger partial charge is 0.346 e. The summed E-state index contributed by atoms with van der Waals surface area (Å²) in [5.74, 6) is -1.80. The number of carbonyl (C=O) groups is 2. The first-order valence-electron chi connectivity index (χ1n) is 5.06. The highest BCUT2D eigenvalue weighted by Gasteiger charge is 2.17. The number of nitriles is 1. The average molecular weight is 282 g/mol. The second-order valence-corrected chi connectivity index (χ2v) is 4.34. The molecule has 0 saturated carbocycles. The third-order valence-corrected chi connectivity index (χ3v) is 2.98. The Labute approximate surface area is 111 Å². The summed E-state index contributed by atoms with van der Waals surface area (Å²) in [4.78, 5) is 39.3. The Morgan fingerprint density at radius 2 is 2.26 bits per heavy atom. The van der Waals surface area contributed by atoms with Crippen LogP contribution in [0, 0.1) is 18.3 Å². The number of hydrogen-bond acceptors (Lipinski definition) is 6. The number of carbonyl (C=O) groups excluding carboxylic acids is 1. The van der Waals surface area contributed by atoms with Gasteiger partial charge in [0.05, 0.1) is 11.8 Å². The number of rotatable bonds is 5. The minimum atomic E-state index is -1.24. The van der Waals surface area contributed by atoms with Crippen LogP contribution in [0.1, 0.15) is 16.1 Å². The lowest BCUT2D eigenvalue weighted by molar-refractivity contribution is -0.118. The number of aromatic carboxylic acids is 1. The van der Waals surface area contributed by atoms with Crippen molar-refractivity contribution < 1.29 is 14.7 Å². The minimum absolute atomic E-state index is 0.0270. The number of aromatic nitrogens is 2. The van der Waals surface area contributed by atoms with E-state index >= 15 is 0 Å². The van der Waals surface area contributed by atoms with Gasteiger partial charge in [-0.05, 0) is 6.92 Å². The van der Waals surface area contributed by atoms with Crippen molar-refractivity contribution >= 4 is 23.6 Å². The largest absolute Gasteiger partial charge is 0.478 e. The minimum Gasteiger partial charge on any atom is -0.478 e. The van der Waals surface area contributed by atoms with Gasteiger partial charge in [0, 0.05) is 5.69 Å². The molecule has 0 aliphatic heterocycles. The average Bonchev–Trinajstić information content (AvgIpc) is 2.32. The quantitative estimate of drug-likeness (QED) is 0.376. The van der Waals surface area contributed by atoms with Crippen molar-refractivity contribution in [3.8, 4) is 6.07 Å². The van der Waals surface area contributed by atoms with Crippen molar-refractivity contribution in [2.45, 2.75) is 11.9 Å². The van der Waals surface area contributed by atoms with Gasteiger partial charge in [0.25, 0.3) is 0 Å². The molecule has 0 saturated heterocycles. The summed E-state index contributed by atoms with van der Waals surface area (Å²) in [5.41, 5.74) is -0.646. The highest BCUT2D eigenvalue weighted by molar-refractivity contribution is 8.00. The molecule has 0 radical (unpaired) electrons. The molecule has 9 heteroatoms. The van der Waals surface area contributed by atoms with Crippen LogP contribution in [0.4, 0.5) is 0 Å². The molecule has 0 bridgehead atoms. The number of nitrogens with zero attached hydrogens (tertiary/aromatic N) is 2. The molecule has 1 aromatic rings. The molecule has 3 N–H and O–H groups in total. The maximum Gasteiger partial charge on any atom is 0.346 e. The predicted molar refractivity (Wildman–Crippen MR) is 65.9 cm³/mol. The normalized spacial score (nSPS) is 9.68. The zero-order valence-electron chi connectivity index (χ0n) is 9.89. The Balaban J connectivity index is 2.89. The third kappa shape index (κ3) is 4.11. The molecule has 0 spiro atoms. The molecule has 1 heterocycles. The summed E-state index contributed by atoms with van der Waals surface area (Å²) in [6, 6.07) is 1.74. The summed E-state index contributed by atoms with van der Waals surface area (Å²) in [6.07, 6.45) is 0. The zero-order valence-corrected chi connectivity index (χ0v) is 10.7. The second kappa shape index (κ2) is 6.55. The number of amides is 1. The van der Waals surface area contributed by atoms with E-state index in [9.17, 15) is 14.4 Å². The molecule has 1 amide bonds. The highest BCUT2D eigenvalue weighted by Crippen LogP contribution is 2.20. The topological polar surface area (TPSA) is 136 Å². The first-order chi connectivity index (χ1) is 8.95. The molecule has 0 aromatic carbocycles. The molecule has 0 aliphatic carbocycles. The molecule has 19 heavy (non-hydrogen) atoms. The zero-order chi connectivity index (χ0) is 14.4. The fourth-order valence-electron chi connectivity index (χ4n) is 1.24. The van der Waals surface area contributed by atoms with E-state index in [1.165, 1.54) is 6.92 Å².